The van der Waals surface area contributed by atoms with Gasteiger partial charge in [-0.2, -0.15) is 0 Å². The number of hydrogen-bond acceptors (Lipinski definition) is 3. The highest BCUT2D eigenvalue weighted by Crippen LogP contribution is 2.33. The highest BCUT2D eigenvalue weighted by molar-refractivity contribution is 8.00. The van der Waals surface area contributed by atoms with Crippen molar-refractivity contribution >= 4 is 28.6 Å². The minimum Gasteiger partial charge on any atom is -0.395 e. The molecule has 2 rings (SSSR count). The standard InChI is InChI=1S/C16H22N2O2S/c1-11(2)9-14(16(20)17-7-8-19)21-15-10-18-13-6-4-3-5-12(13)15/h3-6,10-11,14,18-19H,7-9H2,1-2H3,(H,17,20). The first kappa shape index (κ1) is 15.9. The zero-order valence-corrected chi connectivity index (χ0v) is 13.2. The Kier molecular flexibility index (Phi) is 5.70. The molecule has 1 aromatic carbocycles. The Morgan fingerprint density at radius 3 is 2.86 bits per heavy atom. The van der Waals surface area contributed by atoms with Crippen LogP contribution in [0.5, 0.6) is 0 Å². The maximum atomic E-state index is 12.2. The summed E-state index contributed by atoms with van der Waals surface area (Å²) < 4.78 is 0. The molecule has 0 saturated carbocycles. The number of aliphatic hydroxyl groups is 1. The van der Waals surface area contributed by atoms with Gasteiger partial charge in [0.05, 0.1) is 11.9 Å². The molecule has 1 atom stereocenters. The lowest BCUT2D eigenvalue weighted by atomic mass is 10.1. The fourth-order valence-electron chi connectivity index (χ4n) is 2.23. The van der Waals surface area contributed by atoms with Gasteiger partial charge in [0.2, 0.25) is 5.91 Å². The van der Waals surface area contributed by atoms with Crippen LogP contribution in [0.1, 0.15) is 20.3 Å². The van der Waals surface area contributed by atoms with E-state index in [0.29, 0.717) is 12.5 Å². The Morgan fingerprint density at radius 2 is 2.14 bits per heavy atom. The predicted molar refractivity (Wildman–Crippen MR) is 87.5 cm³/mol. The second kappa shape index (κ2) is 7.52. The van der Waals surface area contributed by atoms with Crippen LogP contribution in [0, 0.1) is 5.92 Å². The van der Waals surface area contributed by atoms with Crippen LogP contribution in [-0.4, -0.2) is 34.4 Å². The van der Waals surface area contributed by atoms with Gasteiger partial charge >= 0.3 is 0 Å². The van der Waals surface area contributed by atoms with Gasteiger partial charge in [-0.25, -0.2) is 0 Å². The number of aliphatic hydroxyl groups excluding tert-OH is 1. The van der Waals surface area contributed by atoms with Gasteiger partial charge in [0.25, 0.3) is 0 Å². The summed E-state index contributed by atoms with van der Waals surface area (Å²) in [6.07, 6.45) is 2.77. The van der Waals surface area contributed by atoms with Crippen LogP contribution < -0.4 is 5.32 Å². The average Bonchev–Trinajstić information content (AvgIpc) is 2.87. The third-order valence-electron chi connectivity index (χ3n) is 3.21. The zero-order valence-electron chi connectivity index (χ0n) is 12.4. The quantitative estimate of drug-likeness (QED) is 0.689. The van der Waals surface area contributed by atoms with Gasteiger partial charge in [0, 0.05) is 28.5 Å². The van der Waals surface area contributed by atoms with E-state index in [9.17, 15) is 4.79 Å². The zero-order chi connectivity index (χ0) is 15.2. The summed E-state index contributed by atoms with van der Waals surface area (Å²) in [6, 6.07) is 8.09. The molecule has 3 N–H and O–H groups in total. The molecule has 1 amide bonds. The lowest BCUT2D eigenvalue weighted by Crippen LogP contribution is -2.35. The molecule has 0 aliphatic heterocycles. The summed E-state index contributed by atoms with van der Waals surface area (Å²) >= 11 is 1.59. The fraction of sp³-hybridized carbons (Fsp3) is 0.438. The molecule has 4 nitrogen and oxygen atoms in total. The van der Waals surface area contributed by atoms with Crippen molar-refractivity contribution in [3.05, 3.63) is 30.5 Å². The van der Waals surface area contributed by atoms with Crippen molar-refractivity contribution in [1.29, 1.82) is 0 Å². The van der Waals surface area contributed by atoms with Gasteiger partial charge in [0.1, 0.15) is 0 Å². The van der Waals surface area contributed by atoms with Gasteiger partial charge < -0.3 is 15.4 Å². The number of para-hydroxylation sites is 1. The predicted octanol–water partition coefficient (Wildman–Crippen LogP) is 2.78. The SMILES string of the molecule is CC(C)CC(Sc1c[nH]c2ccccc12)C(=O)NCCO. The smallest absolute Gasteiger partial charge is 0.233 e. The maximum absolute atomic E-state index is 12.2. The molecule has 0 aliphatic carbocycles. The second-order valence-corrected chi connectivity index (χ2v) is 6.69. The van der Waals surface area contributed by atoms with E-state index in [1.54, 1.807) is 11.8 Å². The number of carbonyl (C=O) groups excluding carboxylic acids is 1. The van der Waals surface area contributed by atoms with Crippen LogP contribution in [0.15, 0.2) is 35.4 Å². The number of rotatable bonds is 7. The molecule has 0 fully saturated rings. The molecule has 2 aromatic rings. The van der Waals surface area contributed by atoms with E-state index in [1.165, 1.54) is 0 Å². The van der Waals surface area contributed by atoms with Crippen molar-refractivity contribution in [2.75, 3.05) is 13.2 Å². The van der Waals surface area contributed by atoms with Crippen LogP contribution >= 0.6 is 11.8 Å². The van der Waals surface area contributed by atoms with Crippen molar-refractivity contribution < 1.29 is 9.90 Å². The molecule has 0 aliphatic rings. The summed E-state index contributed by atoms with van der Waals surface area (Å²) in [7, 11) is 0. The molecular formula is C16H22N2O2S. The largest absolute Gasteiger partial charge is 0.395 e. The number of nitrogens with one attached hydrogen (secondary N) is 2. The van der Waals surface area contributed by atoms with Crippen LogP contribution in [0.4, 0.5) is 0 Å². The molecule has 1 heterocycles. The number of amides is 1. The van der Waals surface area contributed by atoms with E-state index in [0.717, 1.165) is 22.2 Å². The number of aromatic amines is 1. The molecule has 114 valence electrons. The molecule has 1 unspecified atom stereocenters. The van der Waals surface area contributed by atoms with Crippen LogP contribution in [-0.2, 0) is 4.79 Å². The number of carbonyl (C=O) groups is 1. The maximum Gasteiger partial charge on any atom is 0.233 e. The monoisotopic (exact) mass is 306 g/mol. The summed E-state index contributed by atoms with van der Waals surface area (Å²) in [5.41, 5.74) is 1.08. The van der Waals surface area contributed by atoms with Crippen LogP contribution in [0.3, 0.4) is 0 Å². The molecule has 1 aromatic heterocycles. The molecule has 0 bridgehead atoms. The minimum atomic E-state index is -0.143. The number of aromatic nitrogens is 1. The van der Waals surface area contributed by atoms with E-state index in [4.69, 9.17) is 5.11 Å². The molecule has 21 heavy (non-hydrogen) atoms. The Hall–Kier alpha value is -1.46. The lowest BCUT2D eigenvalue weighted by Gasteiger charge is -2.17. The Labute approximate surface area is 129 Å². The van der Waals surface area contributed by atoms with Gasteiger partial charge in [-0.15, -0.1) is 11.8 Å². The first-order chi connectivity index (χ1) is 10.1. The summed E-state index contributed by atoms with van der Waals surface area (Å²) in [5, 5.41) is 12.6. The molecule has 0 radical (unpaired) electrons. The number of fused-ring (bicyclic) bond motifs is 1. The highest BCUT2D eigenvalue weighted by Gasteiger charge is 2.22. The van der Waals surface area contributed by atoms with Gasteiger partial charge in [-0.3, -0.25) is 4.79 Å². The Morgan fingerprint density at radius 1 is 1.38 bits per heavy atom. The number of benzene rings is 1. The molecule has 0 spiro atoms. The highest BCUT2D eigenvalue weighted by atomic mass is 32.2. The Bertz CT molecular complexity index is 595. The van der Waals surface area contributed by atoms with Crippen molar-refractivity contribution in [2.45, 2.75) is 30.4 Å². The third-order valence-corrected chi connectivity index (χ3v) is 4.49. The van der Waals surface area contributed by atoms with Crippen molar-refractivity contribution in [1.82, 2.24) is 10.3 Å². The normalized spacial score (nSPS) is 12.8. The number of thioether (sulfide) groups is 1. The van der Waals surface area contributed by atoms with Gasteiger partial charge in [-0.05, 0) is 18.4 Å². The van der Waals surface area contributed by atoms with Gasteiger partial charge in [0.15, 0.2) is 0 Å². The van der Waals surface area contributed by atoms with E-state index >= 15 is 0 Å². The second-order valence-electron chi connectivity index (χ2n) is 5.45. The summed E-state index contributed by atoms with van der Waals surface area (Å²) in [6.45, 7) is 4.50. The fourth-order valence-corrected chi connectivity index (χ4v) is 3.64. The average molecular weight is 306 g/mol. The lowest BCUT2D eigenvalue weighted by molar-refractivity contribution is -0.120. The third kappa shape index (κ3) is 4.25. The molecular weight excluding hydrogens is 284 g/mol. The number of H-pyrrole nitrogens is 1. The van der Waals surface area contributed by atoms with Crippen molar-refractivity contribution in [3.63, 3.8) is 0 Å². The summed E-state index contributed by atoms with van der Waals surface area (Å²) in [5.74, 6) is 0.431. The topological polar surface area (TPSA) is 65.1 Å². The van der Waals surface area contributed by atoms with Crippen molar-refractivity contribution in [2.24, 2.45) is 5.92 Å². The Balaban J connectivity index is 2.15. The molecule has 5 heteroatoms. The van der Waals surface area contributed by atoms with Gasteiger partial charge in [-0.1, -0.05) is 32.0 Å². The van der Waals surface area contributed by atoms with E-state index in [1.807, 2.05) is 24.4 Å². The number of hydrogen-bond donors (Lipinski definition) is 3. The first-order valence-corrected chi connectivity index (χ1v) is 8.11. The van der Waals surface area contributed by atoms with E-state index in [-0.39, 0.29) is 17.8 Å². The van der Waals surface area contributed by atoms with Crippen molar-refractivity contribution in [3.8, 4) is 0 Å². The van der Waals surface area contributed by atoms with E-state index in [2.05, 4.69) is 30.2 Å². The van der Waals surface area contributed by atoms with Crippen LogP contribution in [0.25, 0.3) is 10.9 Å². The molecule has 0 saturated heterocycles. The first-order valence-electron chi connectivity index (χ1n) is 7.23. The van der Waals surface area contributed by atoms with Crippen LogP contribution in [0.2, 0.25) is 0 Å². The summed E-state index contributed by atoms with van der Waals surface area (Å²) in [4.78, 5) is 16.6. The van der Waals surface area contributed by atoms with E-state index < -0.39 is 0 Å². The minimum absolute atomic E-state index is 0.00645.